The second-order valence-corrected chi connectivity index (χ2v) is 10.2. The van der Waals surface area contributed by atoms with E-state index in [9.17, 15) is 9.18 Å². The molecule has 0 aliphatic heterocycles. The van der Waals surface area contributed by atoms with Gasteiger partial charge in [0.1, 0.15) is 5.82 Å². The van der Waals surface area contributed by atoms with Crippen LogP contribution in [0, 0.1) is 5.82 Å². The second-order valence-electron chi connectivity index (χ2n) is 6.88. The number of amides is 1. The Morgan fingerprint density at radius 3 is 2.59 bits per heavy atom. The molecule has 0 aliphatic rings. The number of carbonyl (C=O) groups is 1. The number of rotatable bonds is 10. The Kier molecular flexibility index (Phi) is 7.87. The van der Waals surface area contributed by atoms with Gasteiger partial charge in [-0.2, -0.15) is 0 Å². The summed E-state index contributed by atoms with van der Waals surface area (Å²) in [6.07, 6.45) is 0.386. The molecule has 0 saturated heterocycles. The highest BCUT2D eigenvalue weighted by Crippen LogP contribution is 2.28. The lowest BCUT2D eigenvalue weighted by atomic mass is 10.1. The predicted molar refractivity (Wildman–Crippen MR) is 130 cm³/mol. The highest BCUT2D eigenvalue weighted by Gasteiger charge is 2.17. The van der Waals surface area contributed by atoms with Gasteiger partial charge in [0.25, 0.3) is 0 Å². The van der Waals surface area contributed by atoms with Crippen LogP contribution in [0.3, 0.4) is 0 Å². The summed E-state index contributed by atoms with van der Waals surface area (Å²) in [5, 5.41) is 17.4. The molecular weight excluding hydrogens is 463 g/mol. The molecule has 9 heteroatoms. The van der Waals surface area contributed by atoms with Gasteiger partial charge in [0.15, 0.2) is 4.34 Å². The fraction of sp³-hybridized carbons (Fsp3) is 0.174. The summed E-state index contributed by atoms with van der Waals surface area (Å²) in [5.41, 5.74) is 2.03. The highest BCUT2D eigenvalue weighted by molar-refractivity contribution is 8.01. The molecule has 2 aromatic heterocycles. The van der Waals surface area contributed by atoms with Crippen molar-refractivity contribution in [2.45, 2.75) is 23.3 Å². The van der Waals surface area contributed by atoms with E-state index in [-0.39, 0.29) is 17.8 Å². The number of carbonyl (C=O) groups excluding carboxylic acids is 1. The molecule has 0 saturated carbocycles. The average Bonchev–Trinajstić information content (AvgIpc) is 3.50. The quantitative estimate of drug-likeness (QED) is 0.281. The topological polar surface area (TPSA) is 66.9 Å². The number of aromatic nitrogens is 2. The van der Waals surface area contributed by atoms with Gasteiger partial charge in [-0.25, -0.2) is 4.39 Å². The van der Waals surface area contributed by atoms with E-state index in [1.54, 1.807) is 23.5 Å². The molecule has 4 aromatic rings. The van der Waals surface area contributed by atoms with Crippen molar-refractivity contribution in [1.29, 1.82) is 0 Å². The van der Waals surface area contributed by atoms with Crippen LogP contribution in [0.15, 0.2) is 76.4 Å². The molecule has 2 heterocycles. The number of hydrogen-bond donors (Lipinski definition) is 2. The lowest BCUT2D eigenvalue weighted by Gasteiger charge is -2.18. The third kappa shape index (κ3) is 6.38. The van der Waals surface area contributed by atoms with Crippen molar-refractivity contribution in [3.05, 3.63) is 93.9 Å². The Hall–Kier alpha value is -2.75. The smallest absolute Gasteiger partial charge is 0.221 e. The fourth-order valence-corrected chi connectivity index (χ4v) is 5.56. The summed E-state index contributed by atoms with van der Waals surface area (Å²) in [6, 6.07) is 20.2. The van der Waals surface area contributed by atoms with E-state index in [4.69, 9.17) is 0 Å². The number of thioether (sulfide) groups is 1. The minimum absolute atomic E-state index is 0.000994. The van der Waals surface area contributed by atoms with Crippen molar-refractivity contribution in [3.63, 3.8) is 0 Å². The van der Waals surface area contributed by atoms with E-state index in [1.165, 1.54) is 35.2 Å². The second kappa shape index (κ2) is 11.2. The third-order valence-corrected chi connectivity index (χ3v) is 7.54. The van der Waals surface area contributed by atoms with Crippen molar-refractivity contribution in [2.75, 3.05) is 11.1 Å². The number of nitrogens with one attached hydrogen (secondary N) is 2. The number of thiophene rings is 1. The van der Waals surface area contributed by atoms with Crippen molar-refractivity contribution in [3.8, 4) is 0 Å². The molecular formula is C23H21FN4OS3. The molecule has 5 nitrogen and oxygen atoms in total. The zero-order valence-electron chi connectivity index (χ0n) is 17.0. The average molecular weight is 485 g/mol. The van der Waals surface area contributed by atoms with E-state index in [0.717, 1.165) is 20.3 Å². The molecule has 2 aromatic carbocycles. The maximum Gasteiger partial charge on any atom is 0.221 e. The van der Waals surface area contributed by atoms with Gasteiger partial charge in [0.2, 0.25) is 11.0 Å². The molecule has 0 radical (unpaired) electrons. The Balaban J connectivity index is 1.25. The van der Waals surface area contributed by atoms with Crippen LogP contribution in [0.5, 0.6) is 0 Å². The third-order valence-electron chi connectivity index (χ3n) is 4.58. The molecule has 4 rings (SSSR count). The van der Waals surface area contributed by atoms with Gasteiger partial charge in [-0.15, -0.1) is 21.5 Å². The number of anilines is 1. The van der Waals surface area contributed by atoms with Crippen molar-refractivity contribution < 1.29 is 9.18 Å². The van der Waals surface area contributed by atoms with E-state index in [2.05, 4.69) is 20.8 Å². The van der Waals surface area contributed by atoms with Crippen LogP contribution in [0.4, 0.5) is 9.52 Å². The van der Waals surface area contributed by atoms with Crippen LogP contribution < -0.4 is 10.6 Å². The largest absolute Gasteiger partial charge is 0.356 e. The summed E-state index contributed by atoms with van der Waals surface area (Å²) in [6.45, 7) is 0.547. The number of benzene rings is 2. The van der Waals surface area contributed by atoms with Crippen LogP contribution in [0.25, 0.3) is 0 Å². The molecule has 2 N–H and O–H groups in total. The number of hydrogen-bond acceptors (Lipinski definition) is 7. The summed E-state index contributed by atoms with van der Waals surface area (Å²) >= 11 is 4.58. The molecule has 32 heavy (non-hydrogen) atoms. The zero-order valence-corrected chi connectivity index (χ0v) is 19.5. The monoisotopic (exact) mass is 484 g/mol. The van der Waals surface area contributed by atoms with Crippen LogP contribution in [0.1, 0.15) is 28.5 Å². The predicted octanol–water partition coefficient (Wildman–Crippen LogP) is 5.74. The number of halogens is 1. The lowest BCUT2D eigenvalue weighted by molar-refractivity contribution is -0.121. The maximum atomic E-state index is 13.0. The van der Waals surface area contributed by atoms with Gasteiger partial charge in [0, 0.05) is 23.6 Å². The fourth-order valence-electron chi connectivity index (χ4n) is 3.00. The van der Waals surface area contributed by atoms with Gasteiger partial charge in [-0.1, -0.05) is 71.6 Å². The molecule has 1 unspecified atom stereocenters. The van der Waals surface area contributed by atoms with Gasteiger partial charge in [-0.3, -0.25) is 4.79 Å². The SMILES string of the molecule is O=C(CCSc1nnc(NCc2ccc(F)cc2)s1)NC(c1ccccc1)c1cccs1. The van der Waals surface area contributed by atoms with Crippen LogP contribution in [0.2, 0.25) is 0 Å². The lowest BCUT2D eigenvalue weighted by Crippen LogP contribution is -2.29. The minimum atomic E-state index is -0.252. The van der Waals surface area contributed by atoms with Crippen LogP contribution in [-0.4, -0.2) is 21.9 Å². The Labute approximate surface area is 198 Å². The standard InChI is InChI=1S/C23H21FN4OS3/c24-18-10-8-16(9-11-18)15-25-22-27-28-23(32-22)31-14-12-20(29)26-21(19-7-4-13-30-19)17-5-2-1-3-6-17/h1-11,13,21H,12,14-15H2,(H,25,27)(H,26,29). The maximum absolute atomic E-state index is 13.0. The van der Waals surface area contributed by atoms with Crippen molar-refractivity contribution in [1.82, 2.24) is 15.5 Å². The first-order valence-electron chi connectivity index (χ1n) is 10.00. The van der Waals surface area contributed by atoms with Crippen LogP contribution >= 0.6 is 34.4 Å². The first-order valence-corrected chi connectivity index (χ1v) is 12.7. The summed E-state index contributed by atoms with van der Waals surface area (Å²) in [4.78, 5) is 13.7. The van der Waals surface area contributed by atoms with E-state index in [0.29, 0.717) is 23.8 Å². The Morgan fingerprint density at radius 2 is 1.84 bits per heavy atom. The van der Waals surface area contributed by atoms with Gasteiger partial charge < -0.3 is 10.6 Å². The van der Waals surface area contributed by atoms with E-state index >= 15 is 0 Å². The molecule has 0 spiro atoms. The van der Waals surface area contributed by atoms with Crippen molar-refractivity contribution in [2.24, 2.45) is 0 Å². The highest BCUT2D eigenvalue weighted by atomic mass is 32.2. The van der Waals surface area contributed by atoms with Crippen molar-refractivity contribution >= 4 is 45.5 Å². The number of nitrogens with zero attached hydrogens (tertiary/aromatic N) is 2. The molecule has 1 atom stereocenters. The minimum Gasteiger partial charge on any atom is -0.356 e. The normalized spacial score (nSPS) is 11.8. The molecule has 0 aliphatic carbocycles. The Morgan fingerprint density at radius 1 is 1.03 bits per heavy atom. The Bertz CT molecular complexity index is 1120. The van der Waals surface area contributed by atoms with E-state index in [1.807, 2.05) is 47.8 Å². The van der Waals surface area contributed by atoms with E-state index < -0.39 is 0 Å². The first kappa shape index (κ1) is 22.4. The molecule has 0 bridgehead atoms. The molecule has 164 valence electrons. The van der Waals surface area contributed by atoms with Gasteiger partial charge >= 0.3 is 0 Å². The van der Waals surface area contributed by atoms with Gasteiger partial charge in [0.05, 0.1) is 6.04 Å². The summed E-state index contributed by atoms with van der Waals surface area (Å²) < 4.78 is 13.8. The first-order chi connectivity index (χ1) is 15.7. The molecule has 0 fully saturated rings. The van der Waals surface area contributed by atoms with Crippen LogP contribution in [-0.2, 0) is 11.3 Å². The molecule has 1 amide bonds. The zero-order chi connectivity index (χ0) is 22.2. The van der Waals surface area contributed by atoms with Gasteiger partial charge in [-0.05, 0) is 34.7 Å². The summed E-state index contributed by atoms with van der Waals surface area (Å²) in [7, 11) is 0. The summed E-state index contributed by atoms with van der Waals surface area (Å²) in [5.74, 6) is 0.362.